The summed E-state index contributed by atoms with van der Waals surface area (Å²) in [5.74, 6) is -0.625. The van der Waals surface area contributed by atoms with Crippen molar-refractivity contribution < 1.29 is 13.9 Å². The number of aromatic nitrogens is 3. The van der Waals surface area contributed by atoms with Crippen LogP contribution in [0.3, 0.4) is 0 Å². The SMILES string of the molecule is COCCNC(=O)c1ccc2ncc3c(=O)n(-c4ccc(F)cc4)[nH]c3c2c1. The molecule has 0 aliphatic carbocycles. The molecule has 1 amide bonds. The zero-order chi connectivity index (χ0) is 19.7. The van der Waals surface area contributed by atoms with E-state index in [-0.39, 0.29) is 17.3 Å². The number of amides is 1. The second-order valence-corrected chi connectivity index (χ2v) is 6.26. The Hall–Kier alpha value is -3.52. The van der Waals surface area contributed by atoms with Crippen molar-refractivity contribution in [3.05, 3.63) is 70.4 Å². The van der Waals surface area contributed by atoms with Gasteiger partial charge in [0.1, 0.15) is 5.82 Å². The molecule has 0 radical (unpaired) electrons. The topological polar surface area (TPSA) is 89.0 Å². The van der Waals surface area contributed by atoms with Gasteiger partial charge < -0.3 is 10.1 Å². The first kappa shape index (κ1) is 17.9. The molecule has 2 N–H and O–H groups in total. The molecule has 0 aliphatic rings. The minimum Gasteiger partial charge on any atom is -0.383 e. The molecular weight excluding hydrogens is 363 g/mol. The van der Waals surface area contributed by atoms with E-state index in [1.54, 1.807) is 25.3 Å². The highest BCUT2D eigenvalue weighted by atomic mass is 19.1. The highest BCUT2D eigenvalue weighted by Gasteiger charge is 2.14. The number of carbonyl (C=O) groups excluding carboxylic acids is 1. The fraction of sp³-hybridized carbons (Fsp3) is 0.150. The number of rotatable bonds is 5. The first-order chi connectivity index (χ1) is 13.6. The highest BCUT2D eigenvalue weighted by molar-refractivity contribution is 6.06. The number of nitrogens with one attached hydrogen (secondary N) is 2. The smallest absolute Gasteiger partial charge is 0.280 e. The van der Waals surface area contributed by atoms with E-state index in [4.69, 9.17) is 4.74 Å². The molecule has 0 atom stereocenters. The first-order valence-corrected chi connectivity index (χ1v) is 8.65. The van der Waals surface area contributed by atoms with Gasteiger partial charge >= 0.3 is 0 Å². The molecule has 7 nitrogen and oxygen atoms in total. The van der Waals surface area contributed by atoms with Crippen LogP contribution in [0.1, 0.15) is 10.4 Å². The summed E-state index contributed by atoms with van der Waals surface area (Å²) in [5.41, 5.74) is 1.86. The van der Waals surface area contributed by atoms with Gasteiger partial charge in [-0.1, -0.05) is 0 Å². The third-order valence-electron chi connectivity index (χ3n) is 4.46. The van der Waals surface area contributed by atoms with E-state index in [0.29, 0.717) is 46.2 Å². The van der Waals surface area contributed by atoms with Gasteiger partial charge in [-0.05, 0) is 42.5 Å². The zero-order valence-electron chi connectivity index (χ0n) is 15.0. The van der Waals surface area contributed by atoms with Crippen molar-refractivity contribution in [3.8, 4) is 5.69 Å². The first-order valence-electron chi connectivity index (χ1n) is 8.65. The van der Waals surface area contributed by atoms with Crippen molar-refractivity contribution in [1.82, 2.24) is 20.1 Å². The Labute approximate surface area is 158 Å². The molecule has 2 aromatic heterocycles. The lowest BCUT2D eigenvalue weighted by molar-refractivity contribution is 0.0937. The van der Waals surface area contributed by atoms with E-state index >= 15 is 0 Å². The number of aromatic amines is 1. The number of methoxy groups -OCH3 is 1. The van der Waals surface area contributed by atoms with Crippen molar-refractivity contribution in [2.45, 2.75) is 0 Å². The van der Waals surface area contributed by atoms with Gasteiger partial charge in [0.2, 0.25) is 0 Å². The minimum absolute atomic E-state index is 0.240. The van der Waals surface area contributed by atoms with Crippen molar-refractivity contribution in [2.24, 2.45) is 0 Å². The van der Waals surface area contributed by atoms with Crippen LogP contribution in [-0.2, 0) is 4.74 Å². The highest BCUT2D eigenvalue weighted by Crippen LogP contribution is 2.22. The summed E-state index contributed by atoms with van der Waals surface area (Å²) < 4.78 is 19.5. The normalized spacial score (nSPS) is 11.2. The summed E-state index contributed by atoms with van der Waals surface area (Å²) in [6.45, 7) is 0.812. The van der Waals surface area contributed by atoms with E-state index in [1.165, 1.54) is 35.1 Å². The summed E-state index contributed by atoms with van der Waals surface area (Å²) in [4.78, 5) is 29.4. The lowest BCUT2D eigenvalue weighted by atomic mass is 10.1. The third-order valence-corrected chi connectivity index (χ3v) is 4.46. The number of benzene rings is 2. The molecule has 2 heterocycles. The number of H-pyrrole nitrogens is 1. The van der Waals surface area contributed by atoms with Crippen molar-refractivity contribution in [3.63, 3.8) is 0 Å². The van der Waals surface area contributed by atoms with Crippen molar-refractivity contribution in [2.75, 3.05) is 20.3 Å². The van der Waals surface area contributed by atoms with Crippen LogP contribution in [0.5, 0.6) is 0 Å². The number of carbonyl (C=O) groups is 1. The predicted molar refractivity (Wildman–Crippen MR) is 103 cm³/mol. The average molecular weight is 380 g/mol. The summed E-state index contributed by atoms with van der Waals surface area (Å²) >= 11 is 0. The van der Waals surface area contributed by atoms with Gasteiger partial charge in [0.15, 0.2) is 0 Å². The van der Waals surface area contributed by atoms with E-state index in [2.05, 4.69) is 15.4 Å². The summed E-state index contributed by atoms with van der Waals surface area (Å²) in [7, 11) is 1.56. The molecule has 0 aliphatic heterocycles. The number of nitrogens with zero attached hydrogens (tertiary/aromatic N) is 2. The van der Waals surface area contributed by atoms with Crippen molar-refractivity contribution in [1.29, 1.82) is 0 Å². The van der Waals surface area contributed by atoms with Crippen LogP contribution in [0.15, 0.2) is 53.5 Å². The fourth-order valence-electron chi connectivity index (χ4n) is 3.04. The number of hydrogen-bond acceptors (Lipinski definition) is 4. The number of ether oxygens (including phenoxy) is 1. The Morgan fingerprint density at radius 2 is 2.00 bits per heavy atom. The average Bonchev–Trinajstić information content (AvgIpc) is 3.05. The Balaban J connectivity index is 1.83. The Morgan fingerprint density at radius 3 is 2.75 bits per heavy atom. The summed E-state index contributed by atoms with van der Waals surface area (Å²) in [6, 6.07) is 10.7. The monoisotopic (exact) mass is 380 g/mol. The van der Waals surface area contributed by atoms with Crippen molar-refractivity contribution >= 4 is 27.7 Å². The van der Waals surface area contributed by atoms with E-state index < -0.39 is 0 Å². The van der Waals surface area contributed by atoms with Gasteiger partial charge in [-0.25, -0.2) is 9.07 Å². The van der Waals surface area contributed by atoms with Crippen LogP contribution in [0, 0.1) is 5.82 Å². The maximum Gasteiger partial charge on any atom is 0.280 e. The van der Waals surface area contributed by atoms with Crippen LogP contribution in [0.25, 0.3) is 27.5 Å². The predicted octanol–water partition coefficient (Wildman–Crippen LogP) is 2.38. The van der Waals surface area contributed by atoms with E-state index in [9.17, 15) is 14.0 Å². The molecule has 0 spiro atoms. The van der Waals surface area contributed by atoms with Gasteiger partial charge in [0.05, 0.1) is 28.7 Å². The molecule has 4 rings (SSSR count). The molecule has 0 unspecified atom stereocenters. The third kappa shape index (κ3) is 3.14. The zero-order valence-corrected chi connectivity index (χ0v) is 15.0. The number of pyridine rings is 1. The quantitative estimate of drug-likeness (QED) is 0.520. The Bertz CT molecular complexity index is 1230. The second-order valence-electron chi connectivity index (χ2n) is 6.26. The van der Waals surface area contributed by atoms with Gasteiger partial charge in [-0.15, -0.1) is 0 Å². The van der Waals surface area contributed by atoms with E-state index in [1.807, 2.05) is 0 Å². The van der Waals surface area contributed by atoms with Crippen LogP contribution in [0.4, 0.5) is 4.39 Å². The number of fused-ring (bicyclic) bond motifs is 3. The number of hydrogen-bond donors (Lipinski definition) is 2. The molecule has 28 heavy (non-hydrogen) atoms. The van der Waals surface area contributed by atoms with Gasteiger partial charge in [0, 0.05) is 30.8 Å². The molecule has 0 saturated heterocycles. The molecule has 0 bridgehead atoms. The maximum atomic E-state index is 13.2. The second kappa shape index (κ2) is 7.24. The molecule has 142 valence electrons. The van der Waals surface area contributed by atoms with Crippen LogP contribution in [0.2, 0.25) is 0 Å². The molecule has 0 saturated carbocycles. The van der Waals surface area contributed by atoms with Gasteiger partial charge in [-0.2, -0.15) is 0 Å². The number of halogens is 1. The standard InChI is InChI=1S/C20H17FN4O3/c1-28-9-8-22-19(26)12-2-7-17-15(10-12)18-16(11-23-17)20(27)25(24-18)14-5-3-13(21)4-6-14/h2-7,10-11,24H,8-9H2,1H3,(H,22,26). The lowest BCUT2D eigenvalue weighted by Crippen LogP contribution is -2.26. The Kier molecular flexibility index (Phi) is 4.62. The fourth-order valence-corrected chi connectivity index (χ4v) is 3.04. The van der Waals surface area contributed by atoms with E-state index in [0.717, 1.165) is 0 Å². The molecule has 4 aromatic rings. The maximum absolute atomic E-state index is 13.2. The van der Waals surface area contributed by atoms with Crippen LogP contribution >= 0.6 is 0 Å². The molecular formula is C20H17FN4O3. The van der Waals surface area contributed by atoms with Crippen LogP contribution < -0.4 is 10.9 Å². The minimum atomic E-state index is -0.385. The lowest BCUT2D eigenvalue weighted by Gasteiger charge is -2.06. The van der Waals surface area contributed by atoms with Crippen LogP contribution in [-0.4, -0.2) is 40.9 Å². The summed E-state index contributed by atoms with van der Waals surface area (Å²) in [5, 5.41) is 6.85. The molecule has 8 heteroatoms. The molecule has 0 fully saturated rings. The van der Waals surface area contributed by atoms with Gasteiger partial charge in [0.25, 0.3) is 11.5 Å². The Morgan fingerprint density at radius 1 is 1.21 bits per heavy atom. The summed E-state index contributed by atoms with van der Waals surface area (Å²) in [6.07, 6.45) is 1.49. The molecule has 2 aromatic carbocycles. The van der Waals surface area contributed by atoms with Gasteiger partial charge in [-0.3, -0.25) is 19.7 Å². The largest absolute Gasteiger partial charge is 0.383 e.